The Morgan fingerprint density at radius 1 is 1.12 bits per heavy atom. The molecule has 1 heterocycles. The molecule has 3 heteroatoms. The summed E-state index contributed by atoms with van der Waals surface area (Å²) in [6.45, 7) is 0.588. The lowest BCUT2D eigenvalue weighted by Crippen LogP contribution is -2.03. The molecule has 0 unspecified atom stereocenters. The first-order chi connectivity index (χ1) is 7.90. The standard InChI is InChI=1S/C13H12N2O/c14-8-7-11-13-10-4-2-1-3-9(10)5-6-12(13)16-15-11/h1-6H,7-8,14H2. The van der Waals surface area contributed by atoms with Crippen LogP contribution in [0.5, 0.6) is 0 Å². The summed E-state index contributed by atoms with van der Waals surface area (Å²) in [5, 5.41) is 7.57. The zero-order valence-corrected chi connectivity index (χ0v) is 8.81. The van der Waals surface area contributed by atoms with Gasteiger partial charge in [0.05, 0.1) is 11.1 Å². The fourth-order valence-electron chi connectivity index (χ4n) is 2.08. The van der Waals surface area contributed by atoms with E-state index in [-0.39, 0.29) is 0 Å². The predicted molar refractivity (Wildman–Crippen MR) is 64.3 cm³/mol. The van der Waals surface area contributed by atoms with Gasteiger partial charge in [0.25, 0.3) is 0 Å². The Morgan fingerprint density at radius 2 is 2.00 bits per heavy atom. The van der Waals surface area contributed by atoms with Crippen molar-refractivity contribution in [1.82, 2.24) is 5.16 Å². The average Bonchev–Trinajstić information content (AvgIpc) is 2.73. The van der Waals surface area contributed by atoms with Gasteiger partial charge in [0.2, 0.25) is 0 Å². The van der Waals surface area contributed by atoms with Crippen LogP contribution in [-0.4, -0.2) is 11.7 Å². The predicted octanol–water partition coefficient (Wildman–Crippen LogP) is 2.48. The summed E-state index contributed by atoms with van der Waals surface area (Å²) in [4.78, 5) is 0. The number of hydrogen-bond donors (Lipinski definition) is 1. The zero-order chi connectivity index (χ0) is 11.0. The van der Waals surface area contributed by atoms with Gasteiger partial charge in [0, 0.05) is 6.42 Å². The minimum Gasteiger partial charge on any atom is -0.356 e. The summed E-state index contributed by atoms with van der Waals surface area (Å²) in [7, 11) is 0. The van der Waals surface area contributed by atoms with E-state index in [1.54, 1.807) is 0 Å². The molecule has 0 saturated carbocycles. The number of hydrogen-bond acceptors (Lipinski definition) is 3. The molecule has 3 rings (SSSR count). The van der Waals surface area contributed by atoms with E-state index in [1.807, 2.05) is 18.2 Å². The molecule has 1 aromatic heterocycles. The monoisotopic (exact) mass is 212 g/mol. The van der Waals surface area contributed by atoms with Crippen molar-refractivity contribution in [1.29, 1.82) is 0 Å². The van der Waals surface area contributed by atoms with Crippen LogP contribution in [0.4, 0.5) is 0 Å². The van der Waals surface area contributed by atoms with Crippen LogP contribution in [0.25, 0.3) is 21.7 Å². The van der Waals surface area contributed by atoms with Crippen molar-refractivity contribution in [3.63, 3.8) is 0 Å². The van der Waals surface area contributed by atoms with Crippen LogP contribution in [0, 0.1) is 0 Å². The number of nitrogens with zero attached hydrogens (tertiary/aromatic N) is 1. The molecule has 3 nitrogen and oxygen atoms in total. The molecule has 0 fully saturated rings. The molecule has 2 aromatic carbocycles. The first-order valence-electron chi connectivity index (χ1n) is 5.36. The van der Waals surface area contributed by atoms with E-state index in [9.17, 15) is 0 Å². The van der Waals surface area contributed by atoms with Crippen LogP contribution >= 0.6 is 0 Å². The minimum atomic E-state index is 0.588. The number of benzene rings is 2. The van der Waals surface area contributed by atoms with Gasteiger partial charge in [-0.3, -0.25) is 0 Å². The molecule has 16 heavy (non-hydrogen) atoms. The molecular weight excluding hydrogens is 200 g/mol. The Balaban J connectivity index is 2.42. The van der Waals surface area contributed by atoms with Crippen molar-refractivity contribution in [3.05, 3.63) is 42.1 Å². The van der Waals surface area contributed by atoms with E-state index < -0.39 is 0 Å². The topological polar surface area (TPSA) is 52.0 Å². The SMILES string of the molecule is NCCc1noc2ccc3ccccc3c12. The van der Waals surface area contributed by atoms with Gasteiger partial charge in [-0.2, -0.15) is 0 Å². The highest BCUT2D eigenvalue weighted by Gasteiger charge is 2.10. The van der Waals surface area contributed by atoms with E-state index in [0.717, 1.165) is 23.1 Å². The van der Waals surface area contributed by atoms with E-state index >= 15 is 0 Å². The summed E-state index contributed by atoms with van der Waals surface area (Å²) < 4.78 is 5.30. The second-order valence-electron chi connectivity index (χ2n) is 3.83. The van der Waals surface area contributed by atoms with Crippen LogP contribution in [0.2, 0.25) is 0 Å². The molecule has 0 aliphatic rings. The van der Waals surface area contributed by atoms with Gasteiger partial charge in [-0.15, -0.1) is 0 Å². The maximum Gasteiger partial charge on any atom is 0.167 e. The first kappa shape index (κ1) is 9.36. The van der Waals surface area contributed by atoms with Gasteiger partial charge in [0.1, 0.15) is 0 Å². The molecule has 3 aromatic rings. The maximum atomic E-state index is 5.57. The molecule has 2 N–H and O–H groups in total. The van der Waals surface area contributed by atoms with Crippen LogP contribution in [0.1, 0.15) is 5.69 Å². The van der Waals surface area contributed by atoms with Crippen molar-refractivity contribution in [2.24, 2.45) is 5.73 Å². The van der Waals surface area contributed by atoms with Gasteiger partial charge >= 0.3 is 0 Å². The molecule has 0 radical (unpaired) electrons. The van der Waals surface area contributed by atoms with Crippen molar-refractivity contribution >= 4 is 21.7 Å². The van der Waals surface area contributed by atoms with E-state index in [1.165, 1.54) is 10.8 Å². The van der Waals surface area contributed by atoms with Crippen LogP contribution in [0.15, 0.2) is 40.9 Å². The molecule has 0 atom stereocenters. The fourth-order valence-corrected chi connectivity index (χ4v) is 2.08. The molecule has 0 amide bonds. The first-order valence-corrected chi connectivity index (χ1v) is 5.36. The Labute approximate surface area is 92.8 Å². The molecule has 0 aliphatic heterocycles. The normalized spacial score (nSPS) is 11.3. The molecule has 0 bridgehead atoms. The largest absolute Gasteiger partial charge is 0.356 e. The summed E-state index contributed by atoms with van der Waals surface area (Å²) >= 11 is 0. The third kappa shape index (κ3) is 1.29. The fraction of sp³-hybridized carbons (Fsp3) is 0.154. The zero-order valence-electron chi connectivity index (χ0n) is 8.81. The van der Waals surface area contributed by atoms with Crippen molar-refractivity contribution in [3.8, 4) is 0 Å². The lowest BCUT2D eigenvalue weighted by molar-refractivity contribution is 0.446. The summed E-state index contributed by atoms with van der Waals surface area (Å²) in [5.74, 6) is 0. The summed E-state index contributed by atoms with van der Waals surface area (Å²) in [5.41, 5.74) is 7.36. The van der Waals surface area contributed by atoms with Gasteiger partial charge in [-0.25, -0.2) is 0 Å². The summed E-state index contributed by atoms with van der Waals surface area (Å²) in [6, 6.07) is 12.3. The Hall–Kier alpha value is -1.87. The van der Waals surface area contributed by atoms with Gasteiger partial charge in [-0.1, -0.05) is 35.5 Å². The smallest absolute Gasteiger partial charge is 0.167 e. The number of nitrogens with two attached hydrogens (primary N) is 1. The van der Waals surface area contributed by atoms with Crippen molar-refractivity contribution in [2.45, 2.75) is 6.42 Å². The Bertz CT molecular complexity index is 643. The van der Waals surface area contributed by atoms with Crippen molar-refractivity contribution in [2.75, 3.05) is 6.54 Å². The molecule has 0 saturated heterocycles. The second-order valence-corrected chi connectivity index (χ2v) is 3.83. The number of aromatic nitrogens is 1. The lowest BCUT2D eigenvalue weighted by atomic mass is 10.0. The van der Waals surface area contributed by atoms with Crippen LogP contribution in [0.3, 0.4) is 0 Å². The Kier molecular flexibility index (Phi) is 2.11. The van der Waals surface area contributed by atoms with Gasteiger partial charge in [0.15, 0.2) is 5.58 Å². The van der Waals surface area contributed by atoms with Gasteiger partial charge in [-0.05, 0) is 23.4 Å². The van der Waals surface area contributed by atoms with E-state index in [0.29, 0.717) is 6.54 Å². The molecular formula is C13H12N2O. The molecule has 0 spiro atoms. The molecule has 0 aliphatic carbocycles. The highest BCUT2D eigenvalue weighted by molar-refractivity contribution is 6.06. The maximum absolute atomic E-state index is 5.57. The number of fused-ring (bicyclic) bond motifs is 3. The minimum absolute atomic E-state index is 0.588. The van der Waals surface area contributed by atoms with Crippen LogP contribution in [-0.2, 0) is 6.42 Å². The number of rotatable bonds is 2. The average molecular weight is 212 g/mol. The van der Waals surface area contributed by atoms with Crippen LogP contribution < -0.4 is 5.73 Å². The second kappa shape index (κ2) is 3.61. The highest BCUT2D eigenvalue weighted by Crippen LogP contribution is 2.28. The van der Waals surface area contributed by atoms with Gasteiger partial charge < -0.3 is 10.3 Å². The lowest BCUT2D eigenvalue weighted by Gasteiger charge is -1.99. The summed E-state index contributed by atoms with van der Waals surface area (Å²) in [6.07, 6.45) is 0.751. The third-order valence-corrected chi connectivity index (χ3v) is 2.81. The Morgan fingerprint density at radius 3 is 2.88 bits per heavy atom. The highest BCUT2D eigenvalue weighted by atomic mass is 16.5. The van der Waals surface area contributed by atoms with Crippen molar-refractivity contribution < 1.29 is 4.52 Å². The van der Waals surface area contributed by atoms with E-state index in [2.05, 4.69) is 23.4 Å². The third-order valence-electron chi connectivity index (χ3n) is 2.81. The van der Waals surface area contributed by atoms with E-state index in [4.69, 9.17) is 10.3 Å². The quantitative estimate of drug-likeness (QED) is 0.710. The molecule has 80 valence electrons.